The summed E-state index contributed by atoms with van der Waals surface area (Å²) in [5.74, 6) is -0.181. The van der Waals surface area contributed by atoms with Crippen LogP contribution in [0.1, 0.15) is 72.1 Å². The lowest BCUT2D eigenvalue weighted by Crippen LogP contribution is -2.31. The van der Waals surface area contributed by atoms with Crippen LogP contribution >= 0.6 is 0 Å². The molecule has 10 heteroatoms. The highest BCUT2D eigenvalue weighted by molar-refractivity contribution is 6.01. The second kappa shape index (κ2) is 14.6. The zero-order valence-corrected chi connectivity index (χ0v) is 33.0. The average molecular weight is 744 g/mol. The standard InChI is InChI=1S/C41H40FN5O3.C4H10O/c1-23-8-9-24(2)47(23)30-11-10-29-22-46(15-13-27(29)17-30)37-18-28(12-14-43-37)36-20-34-39(33(21-38(48)49)26(4)44-41(34)45(36)5)32-19-35(42)40-31(25(32)3)7-6-16-50-40;1-4(2,3)5/h8-12,14,17-20H,6-7,13,15-16,21-22H2,1-5H3,(H,48,49);5H,1-3H3. The Morgan fingerprint density at radius 3 is 2.40 bits per heavy atom. The summed E-state index contributed by atoms with van der Waals surface area (Å²) in [6.45, 7) is 15.4. The first-order valence-corrected chi connectivity index (χ1v) is 19.0. The van der Waals surface area contributed by atoms with Crippen molar-refractivity contribution in [2.45, 2.75) is 86.3 Å². The van der Waals surface area contributed by atoms with Crippen molar-refractivity contribution in [3.05, 3.63) is 112 Å². The number of aryl methyl sites for hydroxylation is 4. The third-order valence-corrected chi connectivity index (χ3v) is 10.6. The van der Waals surface area contributed by atoms with E-state index in [2.05, 4.69) is 65.8 Å². The molecule has 0 spiro atoms. The van der Waals surface area contributed by atoms with Gasteiger partial charge >= 0.3 is 5.97 Å². The van der Waals surface area contributed by atoms with Crippen LogP contribution in [-0.4, -0.2) is 54.0 Å². The van der Waals surface area contributed by atoms with Crippen molar-refractivity contribution in [3.63, 3.8) is 0 Å². The molecule has 4 aromatic heterocycles. The third-order valence-electron chi connectivity index (χ3n) is 10.6. The number of ether oxygens (including phenoxy) is 1. The lowest BCUT2D eigenvalue weighted by molar-refractivity contribution is -0.136. The van der Waals surface area contributed by atoms with Crippen molar-refractivity contribution in [1.29, 1.82) is 0 Å². The fourth-order valence-electron chi connectivity index (χ4n) is 8.05. The van der Waals surface area contributed by atoms with E-state index in [0.717, 1.165) is 59.5 Å². The largest absolute Gasteiger partial charge is 0.490 e. The maximum atomic E-state index is 15.6. The second-order valence-electron chi connectivity index (χ2n) is 15.9. The number of carboxylic acids is 1. The lowest BCUT2D eigenvalue weighted by atomic mass is 9.87. The minimum Gasteiger partial charge on any atom is -0.490 e. The van der Waals surface area contributed by atoms with Crippen molar-refractivity contribution in [1.82, 2.24) is 19.1 Å². The molecular weight excluding hydrogens is 694 g/mol. The third kappa shape index (κ3) is 7.48. The minimum atomic E-state index is -0.959. The highest BCUT2D eigenvalue weighted by Gasteiger charge is 2.27. The molecule has 0 aliphatic carbocycles. The Balaban J connectivity index is 0.000000875. The zero-order valence-electron chi connectivity index (χ0n) is 33.0. The predicted molar refractivity (Wildman–Crippen MR) is 216 cm³/mol. The molecule has 8 rings (SSSR count). The molecule has 0 saturated carbocycles. The summed E-state index contributed by atoms with van der Waals surface area (Å²) >= 11 is 0. The topological polar surface area (TPSA) is 106 Å². The van der Waals surface area contributed by atoms with E-state index in [1.54, 1.807) is 20.8 Å². The summed E-state index contributed by atoms with van der Waals surface area (Å²) in [6.07, 6.45) is 4.06. The number of aliphatic carboxylic acids is 1. The molecule has 6 heterocycles. The number of fused-ring (bicyclic) bond motifs is 3. The Bertz CT molecular complexity index is 2430. The van der Waals surface area contributed by atoms with Crippen LogP contribution in [0, 0.1) is 33.5 Å². The van der Waals surface area contributed by atoms with E-state index in [4.69, 9.17) is 19.8 Å². The van der Waals surface area contributed by atoms with Crippen LogP contribution in [0.3, 0.4) is 0 Å². The molecule has 6 aromatic rings. The molecule has 0 atom stereocenters. The van der Waals surface area contributed by atoms with E-state index in [1.807, 2.05) is 37.7 Å². The van der Waals surface area contributed by atoms with Crippen molar-refractivity contribution in [3.8, 4) is 33.8 Å². The van der Waals surface area contributed by atoms with E-state index in [0.29, 0.717) is 46.8 Å². The number of carbonyl (C=O) groups is 1. The van der Waals surface area contributed by atoms with Crippen molar-refractivity contribution < 1.29 is 24.1 Å². The number of benzene rings is 2. The number of aromatic nitrogens is 4. The normalized spacial score (nSPS) is 13.9. The van der Waals surface area contributed by atoms with Gasteiger partial charge in [-0.05, 0) is 150 Å². The van der Waals surface area contributed by atoms with Gasteiger partial charge in [0.25, 0.3) is 0 Å². The number of anilines is 1. The molecule has 2 N–H and O–H groups in total. The molecule has 0 bridgehead atoms. The van der Waals surface area contributed by atoms with Gasteiger partial charge in [-0.3, -0.25) is 4.79 Å². The Hall–Kier alpha value is -5.48. The number of carboxylic acid groups (broad SMARTS) is 1. The van der Waals surface area contributed by atoms with Crippen molar-refractivity contribution >= 4 is 22.8 Å². The molecule has 2 aromatic carbocycles. The Morgan fingerprint density at radius 1 is 0.964 bits per heavy atom. The van der Waals surface area contributed by atoms with Gasteiger partial charge in [0.15, 0.2) is 11.6 Å². The first-order valence-electron chi connectivity index (χ1n) is 19.0. The maximum absolute atomic E-state index is 15.6. The van der Waals surface area contributed by atoms with Crippen LogP contribution in [0.5, 0.6) is 5.75 Å². The number of hydrogen-bond acceptors (Lipinski definition) is 6. The fraction of sp³-hybridized carbons (Fsp3) is 0.356. The molecule has 0 unspecified atom stereocenters. The number of hydrogen-bond donors (Lipinski definition) is 2. The highest BCUT2D eigenvalue weighted by Crippen LogP contribution is 2.43. The molecule has 286 valence electrons. The minimum absolute atomic E-state index is 0.217. The van der Waals surface area contributed by atoms with Crippen LogP contribution in [0.2, 0.25) is 0 Å². The smallest absolute Gasteiger partial charge is 0.307 e. The van der Waals surface area contributed by atoms with Gasteiger partial charge in [-0.15, -0.1) is 0 Å². The summed E-state index contributed by atoms with van der Waals surface area (Å²) in [7, 11) is 1.97. The molecule has 0 radical (unpaired) electrons. The van der Waals surface area contributed by atoms with Crippen molar-refractivity contribution in [2.24, 2.45) is 7.05 Å². The van der Waals surface area contributed by atoms with Gasteiger partial charge in [-0.25, -0.2) is 14.4 Å². The van der Waals surface area contributed by atoms with Gasteiger partial charge in [-0.1, -0.05) is 6.07 Å². The molecule has 9 nitrogen and oxygen atoms in total. The Kier molecular flexibility index (Phi) is 10.1. The molecule has 0 saturated heterocycles. The van der Waals surface area contributed by atoms with E-state index in [-0.39, 0.29) is 6.42 Å². The molecule has 2 aliphatic heterocycles. The SMILES string of the molecule is CC(C)(C)O.Cc1nc2c(cc(-c3ccnc(N4CCc5cc(-n6c(C)ccc6C)ccc5C4)c3)n2C)c(-c2cc(F)c3c(c2C)CCCO3)c1CC(=O)O. The summed E-state index contributed by atoms with van der Waals surface area (Å²) in [5, 5.41) is 19.3. The average Bonchev–Trinajstić information content (AvgIpc) is 3.65. The zero-order chi connectivity index (χ0) is 39.3. The Morgan fingerprint density at radius 2 is 1.69 bits per heavy atom. The van der Waals surface area contributed by atoms with E-state index >= 15 is 4.39 Å². The van der Waals surface area contributed by atoms with Gasteiger partial charge in [0.2, 0.25) is 0 Å². The lowest BCUT2D eigenvalue weighted by Gasteiger charge is -2.30. The quantitative estimate of drug-likeness (QED) is 0.176. The number of aliphatic hydroxyl groups is 1. The predicted octanol–water partition coefficient (Wildman–Crippen LogP) is 8.76. The highest BCUT2D eigenvalue weighted by atomic mass is 19.1. The van der Waals surface area contributed by atoms with E-state index in [9.17, 15) is 9.90 Å². The molecule has 2 aliphatic rings. The maximum Gasteiger partial charge on any atom is 0.307 e. The van der Waals surface area contributed by atoms with Crippen molar-refractivity contribution in [2.75, 3.05) is 18.1 Å². The van der Waals surface area contributed by atoms with E-state index in [1.165, 1.54) is 34.3 Å². The molecular formula is C45H50FN5O4. The summed E-state index contributed by atoms with van der Waals surface area (Å²) in [4.78, 5) is 24.2. The summed E-state index contributed by atoms with van der Waals surface area (Å²) in [5.41, 5.74) is 12.8. The van der Waals surface area contributed by atoms with Gasteiger partial charge in [0.05, 0.1) is 24.3 Å². The monoisotopic (exact) mass is 743 g/mol. The Labute approximate surface area is 322 Å². The van der Waals surface area contributed by atoms with E-state index < -0.39 is 17.4 Å². The number of rotatable bonds is 6. The number of nitrogens with zero attached hydrogens (tertiary/aromatic N) is 5. The fourth-order valence-corrected chi connectivity index (χ4v) is 8.05. The van der Waals surface area contributed by atoms with Crippen LogP contribution in [0.25, 0.3) is 39.1 Å². The second-order valence-corrected chi connectivity index (χ2v) is 15.9. The van der Waals surface area contributed by atoms with Gasteiger partial charge < -0.3 is 29.0 Å². The molecule has 0 amide bonds. The number of pyridine rings is 2. The first kappa shape index (κ1) is 37.8. The van der Waals surface area contributed by atoms with Crippen LogP contribution < -0.4 is 9.64 Å². The molecule has 0 fully saturated rings. The van der Waals surface area contributed by atoms with Crippen LogP contribution in [-0.2, 0) is 37.6 Å². The van der Waals surface area contributed by atoms with Gasteiger partial charge in [-0.2, -0.15) is 0 Å². The molecule has 55 heavy (non-hydrogen) atoms. The first-order chi connectivity index (χ1) is 26.1. The van der Waals surface area contributed by atoms with Gasteiger partial charge in [0, 0.05) is 65.6 Å². The summed E-state index contributed by atoms with van der Waals surface area (Å²) in [6, 6.07) is 18.8. The van der Waals surface area contributed by atoms with Crippen LogP contribution in [0.15, 0.2) is 60.8 Å². The van der Waals surface area contributed by atoms with Crippen LogP contribution in [0.4, 0.5) is 10.2 Å². The van der Waals surface area contributed by atoms with Gasteiger partial charge in [0.1, 0.15) is 11.5 Å². The number of halogens is 1. The summed E-state index contributed by atoms with van der Waals surface area (Å²) < 4.78 is 25.7.